The molecule has 0 aliphatic heterocycles. The van der Waals surface area contributed by atoms with Gasteiger partial charge in [0.05, 0.1) is 0 Å². The van der Waals surface area contributed by atoms with E-state index in [4.69, 9.17) is 14.2 Å². The highest BCUT2D eigenvalue weighted by molar-refractivity contribution is 5.71. The summed E-state index contributed by atoms with van der Waals surface area (Å²) in [5.74, 6) is -0.866. The highest BCUT2D eigenvalue weighted by atomic mass is 16.6. The van der Waals surface area contributed by atoms with Gasteiger partial charge in [-0.3, -0.25) is 14.4 Å². The van der Waals surface area contributed by atoms with E-state index in [2.05, 4.69) is 32.9 Å². The first-order chi connectivity index (χ1) is 30.5. The molecule has 0 spiro atoms. The quantitative estimate of drug-likeness (QED) is 0.0262. The molecule has 0 aromatic heterocycles. The summed E-state index contributed by atoms with van der Waals surface area (Å²) in [6, 6.07) is 0. The van der Waals surface area contributed by atoms with Gasteiger partial charge >= 0.3 is 17.9 Å². The van der Waals surface area contributed by atoms with Crippen molar-refractivity contribution in [3.05, 3.63) is 12.2 Å². The fourth-order valence-electron chi connectivity index (χ4n) is 8.33. The fraction of sp³-hybridized carbons (Fsp3) is 0.911. The SMILES string of the molecule is CCC/C=C\CCCCCCCC(=O)OC(COC(=O)CCCCCCCCCCC)COC(=O)CCCCCCCCCCCCCCCCCCCCCCCCCCC. The lowest BCUT2D eigenvalue weighted by atomic mass is 10.0. The highest BCUT2D eigenvalue weighted by Gasteiger charge is 2.19. The number of ether oxygens (including phenoxy) is 3. The van der Waals surface area contributed by atoms with Crippen LogP contribution in [0.4, 0.5) is 0 Å². The van der Waals surface area contributed by atoms with Crippen LogP contribution in [0.1, 0.15) is 310 Å². The predicted molar refractivity (Wildman–Crippen MR) is 266 cm³/mol. The number of allylic oxidation sites excluding steroid dienone is 2. The zero-order valence-electron chi connectivity index (χ0n) is 41.9. The third-order valence-electron chi connectivity index (χ3n) is 12.5. The number of carbonyl (C=O) groups excluding carboxylic acids is 3. The van der Waals surface area contributed by atoms with Gasteiger partial charge in [-0.25, -0.2) is 0 Å². The molecular weight excluding hydrogens is 769 g/mol. The minimum absolute atomic E-state index is 0.0686. The second-order valence-electron chi connectivity index (χ2n) is 18.9. The normalized spacial score (nSPS) is 12.0. The largest absolute Gasteiger partial charge is 0.462 e. The van der Waals surface area contributed by atoms with Crippen LogP contribution in [0.25, 0.3) is 0 Å². The van der Waals surface area contributed by atoms with Crippen LogP contribution in [0, 0.1) is 0 Å². The van der Waals surface area contributed by atoms with Crippen molar-refractivity contribution in [2.45, 2.75) is 316 Å². The van der Waals surface area contributed by atoms with E-state index < -0.39 is 6.10 Å². The van der Waals surface area contributed by atoms with Crippen molar-refractivity contribution >= 4 is 17.9 Å². The van der Waals surface area contributed by atoms with Gasteiger partial charge in [-0.1, -0.05) is 264 Å². The Labute approximate surface area is 386 Å². The standard InChI is InChI=1S/C56H106O6/c1-4-7-10-13-16-19-21-22-23-24-25-26-27-28-29-30-31-32-33-34-35-38-40-43-46-49-55(58)61-52-53(51-60-54(57)48-45-42-39-36-18-15-12-9-6-3)62-56(59)50-47-44-41-37-20-17-14-11-8-5-2/h11,14,53H,4-10,12-13,15-52H2,1-3H3/b14-11-. The third-order valence-corrected chi connectivity index (χ3v) is 12.5. The third kappa shape index (κ3) is 49.2. The van der Waals surface area contributed by atoms with Gasteiger partial charge in [0.25, 0.3) is 0 Å². The summed E-state index contributed by atoms with van der Waals surface area (Å²) in [4.78, 5) is 37.8. The molecule has 0 N–H and O–H groups in total. The average molecular weight is 875 g/mol. The molecule has 366 valence electrons. The molecule has 0 fully saturated rings. The summed E-state index contributed by atoms with van der Waals surface area (Å²) in [6.45, 7) is 6.59. The highest BCUT2D eigenvalue weighted by Crippen LogP contribution is 2.17. The maximum Gasteiger partial charge on any atom is 0.306 e. The second kappa shape index (κ2) is 51.8. The smallest absolute Gasteiger partial charge is 0.306 e. The molecule has 0 heterocycles. The van der Waals surface area contributed by atoms with E-state index in [1.165, 1.54) is 199 Å². The minimum Gasteiger partial charge on any atom is -0.462 e. The number of unbranched alkanes of at least 4 members (excludes halogenated alkanes) is 38. The molecule has 0 aliphatic rings. The van der Waals surface area contributed by atoms with E-state index in [-0.39, 0.29) is 31.1 Å². The molecule has 0 aliphatic carbocycles. The van der Waals surface area contributed by atoms with Gasteiger partial charge < -0.3 is 14.2 Å². The Kier molecular flexibility index (Phi) is 50.2. The molecule has 62 heavy (non-hydrogen) atoms. The molecule has 0 saturated heterocycles. The van der Waals surface area contributed by atoms with Crippen LogP contribution >= 0.6 is 0 Å². The Hall–Kier alpha value is -1.85. The van der Waals surface area contributed by atoms with Crippen LogP contribution in [0.3, 0.4) is 0 Å². The molecule has 0 saturated carbocycles. The van der Waals surface area contributed by atoms with E-state index in [0.717, 1.165) is 70.6 Å². The fourth-order valence-corrected chi connectivity index (χ4v) is 8.33. The van der Waals surface area contributed by atoms with Crippen molar-refractivity contribution in [1.82, 2.24) is 0 Å². The van der Waals surface area contributed by atoms with E-state index >= 15 is 0 Å². The number of rotatable bonds is 51. The molecule has 1 unspecified atom stereocenters. The molecule has 0 rings (SSSR count). The minimum atomic E-state index is -0.766. The monoisotopic (exact) mass is 875 g/mol. The Morgan fingerprint density at radius 2 is 0.565 bits per heavy atom. The topological polar surface area (TPSA) is 78.9 Å². The van der Waals surface area contributed by atoms with Crippen molar-refractivity contribution in [3.8, 4) is 0 Å². The van der Waals surface area contributed by atoms with E-state index in [1.807, 2.05) is 0 Å². The molecular formula is C56H106O6. The van der Waals surface area contributed by atoms with Crippen LogP contribution in [-0.2, 0) is 28.6 Å². The summed E-state index contributed by atoms with van der Waals surface area (Å²) >= 11 is 0. The number of esters is 3. The van der Waals surface area contributed by atoms with Crippen LogP contribution in [0.15, 0.2) is 12.2 Å². The van der Waals surface area contributed by atoms with Crippen molar-refractivity contribution in [2.24, 2.45) is 0 Å². The summed E-state index contributed by atoms with van der Waals surface area (Å²) in [5.41, 5.74) is 0. The predicted octanol–water partition coefficient (Wildman–Crippen LogP) is 18.2. The first-order valence-corrected chi connectivity index (χ1v) is 27.7. The summed E-state index contributed by atoms with van der Waals surface area (Å²) in [5, 5.41) is 0. The van der Waals surface area contributed by atoms with Crippen LogP contribution < -0.4 is 0 Å². The van der Waals surface area contributed by atoms with Gasteiger partial charge in [0.1, 0.15) is 13.2 Å². The van der Waals surface area contributed by atoms with Crippen molar-refractivity contribution < 1.29 is 28.6 Å². The average Bonchev–Trinajstić information content (AvgIpc) is 3.27. The van der Waals surface area contributed by atoms with Gasteiger partial charge in [-0.2, -0.15) is 0 Å². The van der Waals surface area contributed by atoms with Gasteiger partial charge in [-0.15, -0.1) is 0 Å². The van der Waals surface area contributed by atoms with Crippen molar-refractivity contribution in [1.29, 1.82) is 0 Å². The molecule has 6 heteroatoms. The lowest BCUT2D eigenvalue weighted by molar-refractivity contribution is -0.167. The first-order valence-electron chi connectivity index (χ1n) is 27.7. The molecule has 0 amide bonds. The molecule has 0 radical (unpaired) electrons. The van der Waals surface area contributed by atoms with Crippen molar-refractivity contribution in [3.63, 3.8) is 0 Å². The van der Waals surface area contributed by atoms with E-state index in [9.17, 15) is 14.4 Å². The molecule has 6 nitrogen and oxygen atoms in total. The summed E-state index contributed by atoms with van der Waals surface area (Å²) in [6.07, 6.45) is 58.0. The molecule has 0 bridgehead atoms. The van der Waals surface area contributed by atoms with Gasteiger partial charge in [0.2, 0.25) is 0 Å². The van der Waals surface area contributed by atoms with Crippen LogP contribution in [-0.4, -0.2) is 37.2 Å². The molecule has 0 aromatic carbocycles. The summed E-state index contributed by atoms with van der Waals surface area (Å²) in [7, 11) is 0. The zero-order valence-corrected chi connectivity index (χ0v) is 41.9. The second-order valence-corrected chi connectivity index (χ2v) is 18.9. The first kappa shape index (κ1) is 60.2. The lowest BCUT2D eigenvalue weighted by Crippen LogP contribution is -2.30. The maximum atomic E-state index is 12.7. The Balaban J connectivity index is 4.05. The number of hydrogen-bond acceptors (Lipinski definition) is 6. The van der Waals surface area contributed by atoms with Gasteiger partial charge in [0.15, 0.2) is 6.10 Å². The Morgan fingerprint density at radius 3 is 0.871 bits per heavy atom. The summed E-state index contributed by atoms with van der Waals surface area (Å²) < 4.78 is 16.8. The molecule has 1 atom stereocenters. The van der Waals surface area contributed by atoms with E-state index in [1.54, 1.807) is 0 Å². The lowest BCUT2D eigenvalue weighted by Gasteiger charge is -2.18. The zero-order chi connectivity index (χ0) is 45.1. The number of hydrogen-bond donors (Lipinski definition) is 0. The van der Waals surface area contributed by atoms with Gasteiger partial charge in [0, 0.05) is 19.3 Å². The Bertz CT molecular complexity index is 962. The van der Waals surface area contributed by atoms with Crippen LogP contribution in [0.5, 0.6) is 0 Å². The van der Waals surface area contributed by atoms with E-state index in [0.29, 0.717) is 19.3 Å². The van der Waals surface area contributed by atoms with Crippen molar-refractivity contribution in [2.75, 3.05) is 13.2 Å². The van der Waals surface area contributed by atoms with Gasteiger partial charge in [-0.05, 0) is 38.5 Å². The van der Waals surface area contributed by atoms with Crippen LogP contribution in [0.2, 0.25) is 0 Å². The molecule has 0 aromatic rings. The maximum absolute atomic E-state index is 12.7. The number of carbonyl (C=O) groups is 3. The Morgan fingerprint density at radius 1 is 0.306 bits per heavy atom.